The van der Waals surface area contributed by atoms with Crippen molar-refractivity contribution in [3.05, 3.63) is 53.6 Å². The van der Waals surface area contributed by atoms with Crippen LogP contribution in [0.25, 0.3) is 0 Å². The summed E-state index contributed by atoms with van der Waals surface area (Å²) in [6.07, 6.45) is 1.10. The molecule has 0 radical (unpaired) electrons. The van der Waals surface area contributed by atoms with Crippen molar-refractivity contribution in [2.75, 3.05) is 17.7 Å². The zero-order valence-electron chi connectivity index (χ0n) is 12.2. The van der Waals surface area contributed by atoms with Crippen molar-refractivity contribution in [2.24, 2.45) is 0 Å². The Morgan fingerprint density at radius 1 is 1.18 bits per heavy atom. The van der Waals surface area contributed by atoms with Crippen LogP contribution in [0.2, 0.25) is 0 Å². The lowest BCUT2D eigenvalue weighted by Crippen LogP contribution is -2.20. The minimum absolute atomic E-state index is 0.0127. The fourth-order valence-corrected chi connectivity index (χ4v) is 2.47. The lowest BCUT2D eigenvalue weighted by atomic mass is 10.00. The molecule has 2 N–H and O–H groups in total. The minimum Gasteiger partial charge on any atom is -0.495 e. The van der Waals surface area contributed by atoms with Crippen LogP contribution < -0.4 is 15.4 Å². The van der Waals surface area contributed by atoms with Crippen molar-refractivity contribution in [1.82, 2.24) is 0 Å². The van der Waals surface area contributed by atoms with Gasteiger partial charge in [-0.1, -0.05) is 12.1 Å². The summed E-state index contributed by atoms with van der Waals surface area (Å²) in [7, 11) is 1.56. The second-order valence-electron chi connectivity index (χ2n) is 5.07. The Kier molecular flexibility index (Phi) is 3.78. The van der Waals surface area contributed by atoms with Crippen LogP contribution in [-0.4, -0.2) is 18.9 Å². The normalized spacial score (nSPS) is 13.0. The number of rotatable bonds is 3. The lowest BCUT2D eigenvalue weighted by Gasteiger charge is -2.17. The van der Waals surface area contributed by atoms with Crippen LogP contribution >= 0.6 is 0 Å². The SMILES string of the molecule is COc1ccccc1NC(=O)c1ccc2c(c1)CCC(=O)N2. The van der Waals surface area contributed by atoms with E-state index in [4.69, 9.17) is 4.74 Å². The van der Waals surface area contributed by atoms with Gasteiger partial charge in [-0.15, -0.1) is 0 Å². The molecule has 2 aromatic carbocycles. The second kappa shape index (κ2) is 5.89. The number of methoxy groups -OCH3 is 1. The molecule has 0 aliphatic carbocycles. The smallest absolute Gasteiger partial charge is 0.255 e. The molecule has 0 bridgehead atoms. The maximum absolute atomic E-state index is 12.4. The molecule has 0 atom stereocenters. The van der Waals surface area contributed by atoms with Gasteiger partial charge in [0, 0.05) is 17.7 Å². The minimum atomic E-state index is -0.204. The maximum Gasteiger partial charge on any atom is 0.255 e. The number of para-hydroxylation sites is 2. The van der Waals surface area contributed by atoms with E-state index in [1.54, 1.807) is 31.4 Å². The number of fused-ring (bicyclic) bond motifs is 1. The first-order chi connectivity index (χ1) is 10.7. The Labute approximate surface area is 128 Å². The third-order valence-corrected chi connectivity index (χ3v) is 3.62. The zero-order chi connectivity index (χ0) is 15.5. The fraction of sp³-hybridized carbons (Fsp3) is 0.176. The van der Waals surface area contributed by atoms with Gasteiger partial charge in [0.15, 0.2) is 0 Å². The Bertz CT molecular complexity index is 740. The summed E-state index contributed by atoms with van der Waals surface area (Å²) in [6, 6.07) is 12.5. The molecule has 3 rings (SSSR count). The van der Waals surface area contributed by atoms with Crippen molar-refractivity contribution in [3.8, 4) is 5.75 Å². The van der Waals surface area contributed by atoms with E-state index in [-0.39, 0.29) is 11.8 Å². The third kappa shape index (κ3) is 2.79. The van der Waals surface area contributed by atoms with Gasteiger partial charge >= 0.3 is 0 Å². The summed E-state index contributed by atoms with van der Waals surface area (Å²) in [5.41, 5.74) is 2.94. The average Bonchev–Trinajstić information content (AvgIpc) is 2.54. The number of aryl methyl sites for hydroxylation is 1. The predicted molar refractivity (Wildman–Crippen MR) is 84.3 cm³/mol. The molecular weight excluding hydrogens is 280 g/mol. The van der Waals surface area contributed by atoms with Gasteiger partial charge in [-0.25, -0.2) is 0 Å². The topological polar surface area (TPSA) is 67.4 Å². The highest BCUT2D eigenvalue weighted by atomic mass is 16.5. The third-order valence-electron chi connectivity index (χ3n) is 3.62. The summed E-state index contributed by atoms with van der Waals surface area (Å²) in [4.78, 5) is 23.7. The number of benzene rings is 2. The van der Waals surface area contributed by atoms with Crippen molar-refractivity contribution in [1.29, 1.82) is 0 Å². The molecule has 5 heteroatoms. The quantitative estimate of drug-likeness (QED) is 0.915. The van der Waals surface area contributed by atoms with Gasteiger partial charge in [-0.2, -0.15) is 0 Å². The fourth-order valence-electron chi connectivity index (χ4n) is 2.47. The van der Waals surface area contributed by atoms with E-state index >= 15 is 0 Å². The number of hydrogen-bond acceptors (Lipinski definition) is 3. The average molecular weight is 296 g/mol. The molecule has 1 heterocycles. The zero-order valence-corrected chi connectivity index (χ0v) is 12.2. The highest BCUT2D eigenvalue weighted by molar-refractivity contribution is 6.06. The molecule has 0 aromatic heterocycles. The van der Waals surface area contributed by atoms with Gasteiger partial charge in [-0.05, 0) is 42.3 Å². The molecule has 5 nitrogen and oxygen atoms in total. The van der Waals surface area contributed by atoms with Crippen LogP contribution in [0, 0.1) is 0 Å². The van der Waals surface area contributed by atoms with Gasteiger partial charge in [0.25, 0.3) is 5.91 Å². The molecule has 0 fully saturated rings. The molecule has 2 amide bonds. The highest BCUT2D eigenvalue weighted by Gasteiger charge is 2.17. The molecule has 1 aliphatic rings. The van der Waals surface area contributed by atoms with Crippen molar-refractivity contribution < 1.29 is 14.3 Å². The predicted octanol–water partition coefficient (Wildman–Crippen LogP) is 2.83. The number of ether oxygens (including phenoxy) is 1. The first kappa shape index (κ1) is 14.1. The van der Waals surface area contributed by atoms with E-state index in [0.29, 0.717) is 29.8 Å². The van der Waals surface area contributed by atoms with E-state index in [2.05, 4.69) is 10.6 Å². The number of hydrogen-bond donors (Lipinski definition) is 2. The van der Waals surface area contributed by atoms with E-state index in [1.807, 2.05) is 18.2 Å². The summed E-state index contributed by atoms with van der Waals surface area (Å²) in [5, 5.41) is 5.65. The first-order valence-electron chi connectivity index (χ1n) is 7.04. The van der Waals surface area contributed by atoms with E-state index in [9.17, 15) is 9.59 Å². The number of carbonyl (C=O) groups is 2. The Hall–Kier alpha value is -2.82. The highest BCUT2D eigenvalue weighted by Crippen LogP contribution is 2.26. The lowest BCUT2D eigenvalue weighted by molar-refractivity contribution is -0.116. The molecule has 22 heavy (non-hydrogen) atoms. The van der Waals surface area contributed by atoms with Crippen LogP contribution in [0.15, 0.2) is 42.5 Å². The molecule has 0 saturated heterocycles. The van der Waals surface area contributed by atoms with Gasteiger partial charge < -0.3 is 15.4 Å². The van der Waals surface area contributed by atoms with Crippen LogP contribution in [0.5, 0.6) is 5.75 Å². The van der Waals surface area contributed by atoms with E-state index in [1.165, 1.54) is 0 Å². The monoisotopic (exact) mass is 296 g/mol. The second-order valence-corrected chi connectivity index (χ2v) is 5.07. The van der Waals surface area contributed by atoms with Crippen LogP contribution in [0.4, 0.5) is 11.4 Å². The molecular formula is C17H16N2O3. The summed E-state index contributed by atoms with van der Waals surface area (Å²) in [5.74, 6) is 0.420. The maximum atomic E-state index is 12.4. The van der Waals surface area contributed by atoms with Crippen LogP contribution in [0.1, 0.15) is 22.3 Å². The number of anilines is 2. The molecule has 112 valence electrons. The Morgan fingerprint density at radius 3 is 2.82 bits per heavy atom. The van der Waals surface area contributed by atoms with Crippen molar-refractivity contribution in [3.63, 3.8) is 0 Å². The van der Waals surface area contributed by atoms with E-state index in [0.717, 1.165) is 11.3 Å². The Balaban J connectivity index is 1.82. The number of carbonyl (C=O) groups excluding carboxylic acids is 2. The van der Waals surface area contributed by atoms with Gasteiger partial charge in [0.2, 0.25) is 5.91 Å². The molecule has 0 spiro atoms. The number of amides is 2. The summed E-state index contributed by atoms with van der Waals surface area (Å²) < 4.78 is 5.22. The summed E-state index contributed by atoms with van der Waals surface area (Å²) in [6.45, 7) is 0. The van der Waals surface area contributed by atoms with Crippen molar-refractivity contribution >= 4 is 23.2 Å². The number of nitrogens with one attached hydrogen (secondary N) is 2. The first-order valence-corrected chi connectivity index (χ1v) is 7.04. The van der Waals surface area contributed by atoms with E-state index < -0.39 is 0 Å². The van der Waals surface area contributed by atoms with Crippen molar-refractivity contribution in [2.45, 2.75) is 12.8 Å². The van der Waals surface area contributed by atoms with Crippen LogP contribution in [-0.2, 0) is 11.2 Å². The van der Waals surface area contributed by atoms with Gasteiger partial charge in [0.1, 0.15) is 5.75 Å². The van der Waals surface area contributed by atoms with Gasteiger partial charge in [0.05, 0.1) is 12.8 Å². The summed E-state index contributed by atoms with van der Waals surface area (Å²) >= 11 is 0. The van der Waals surface area contributed by atoms with Gasteiger partial charge in [-0.3, -0.25) is 9.59 Å². The molecule has 0 saturated carbocycles. The molecule has 0 unspecified atom stereocenters. The molecule has 2 aromatic rings. The largest absolute Gasteiger partial charge is 0.495 e. The standard InChI is InChI=1S/C17H16N2O3/c1-22-15-5-3-2-4-14(15)19-17(21)12-6-8-13-11(10-12)7-9-16(20)18-13/h2-6,8,10H,7,9H2,1H3,(H,18,20)(H,19,21). The molecule has 1 aliphatic heterocycles. The van der Waals surface area contributed by atoms with Crippen LogP contribution in [0.3, 0.4) is 0 Å². The Morgan fingerprint density at radius 2 is 2.00 bits per heavy atom.